The minimum atomic E-state index is 0. The quantitative estimate of drug-likeness (QED) is 0.708. The number of anilines is 1. The van der Waals surface area contributed by atoms with Crippen molar-refractivity contribution in [2.75, 3.05) is 19.0 Å². The van der Waals surface area contributed by atoms with Gasteiger partial charge in [0.05, 0.1) is 0 Å². The van der Waals surface area contributed by atoms with Crippen LogP contribution in [0.5, 0.6) is 0 Å². The molecular formula is C7H10N2Pb. The van der Waals surface area contributed by atoms with Gasteiger partial charge in [-0.2, -0.15) is 0 Å². The maximum atomic E-state index is 4.10. The fourth-order valence-corrected chi connectivity index (χ4v) is 0.618. The van der Waals surface area contributed by atoms with Crippen LogP contribution in [0.15, 0.2) is 24.4 Å². The summed E-state index contributed by atoms with van der Waals surface area (Å²) in [5.41, 5.74) is 0. The van der Waals surface area contributed by atoms with Crippen LogP contribution in [0.1, 0.15) is 0 Å². The Morgan fingerprint density at radius 1 is 1.30 bits per heavy atom. The molecule has 0 aliphatic rings. The molecule has 52 valence electrons. The van der Waals surface area contributed by atoms with E-state index < -0.39 is 0 Å². The molecule has 2 nitrogen and oxygen atoms in total. The molecular weight excluding hydrogens is 319 g/mol. The number of aromatic nitrogens is 1. The monoisotopic (exact) mass is 330 g/mol. The Kier molecular flexibility index (Phi) is 4.59. The second-order valence-corrected chi connectivity index (χ2v) is 2.08. The fraction of sp³-hybridized carbons (Fsp3) is 0.286. The van der Waals surface area contributed by atoms with Crippen LogP contribution in [0.3, 0.4) is 0 Å². The van der Waals surface area contributed by atoms with Gasteiger partial charge in [-0.25, -0.2) is 4.98 Å². The van der Waals surface area contributed by atoms with Crippen LogP contribution in [0, 0.1) is 0 Å². The summed E-state index contributed by atoms with van der Waals surface area (Å²) in [6.45, 7) is 0. The molecule has 0 amide bonds. The molecule has 3 heteroatoms. The molecule has 1 heterocycles. The van der Waals surface area contributed by atoms with Crippen LogP contribution in [0.2, 0.25) is 0 Å². The second kappa shape index (κ2) is 4.65. The smallest absolute Gasteiger partial charge is 0.127 e. The van der Waals surface area contributed by atoms with E-state index in [9.17, 15) is 0 Å². The van der Waals surface area contributed by atoms with Crippen LogP contribution < -0.4 is 4.90 Å². The Bertz CT molecular complexity index is 174. The SMILES string of the molecule is CN(C)c1ccccn1.[Pb]. The predicted octanol–water partition coefficient (Wildman–Crippen LogP) is 0.767. The third-order valence-electron chi connectivity index (χ3n) is 1.11. The maximum absolute atomic E-state index is 4.10. The fourth-order valence-electron chi connectivity index (χ4n) is 0.618. The van der Waals surface area contributed by atoms with E-state index in [1.807, 2.05) is 37.2 Å². The number of pyridine rings is 1. The number of hydrogen-bond donors (Lipinski definition) is 0. The molecule has 0 spiro atoms. The Hall–Kier alpha value is -0.128. The largest absolute Gasteiger partial charge is 0.363 e. The molecule has 0 aliphatic heterocycles. The molecule has 0 atom stereocenters. The predicted molar refractivity (Wildman–Crippen MR) is 44.3 cm³/mol. The van der Waals surface area contributed by atoms with Gasteiger partial charge in [-0.15, -0.1) is 0 Å². The van der Waals surface area contributed by atoms with Gasteiger partial charge in [-0.05, 0) is 12.1 Å². The molecule has 0 N–H and O–H groups in total. The molecule has 1 rings (SSSR count). The van der Waals surface area contributed by atoms with Gasteiger partial charge in [-0.3, -0.25) is 0 Å². The van der Waals surface area contributed by atoms with Crippen molar-refractivity contribution in [3.63, 3.8) is 0 Å². The molecule has 0 fully saturated rings. The molecule has 0 aliphatic carbocycles. The molecule has 0 unspecified atom stereocenters. The molecule has 1 aromatic heterocycles. The first-order chi connectivity index (χ1) is 4.30. The summed E-state index contributed by atoms with van der Waals surface area (Å²) in [7, 11) is 3.95. The van der Waals surface area contributed by atoms with Crippen LogP contribution in [0.25, 0.3) is 0 Å². The summed E-state index contributed by atoms with van der Waals surface area (Å²) < 4.78 is 0. The normalized spacial score (nSPS) is 8.20. The third-order valence-corrected chi connectivity index (χ3v) is 1.11. The molecule has 0 saturated carbocycles. The van der Waals surface area contributed by atoms with Gasteiger partial charge < -0.3 is 4.90 Å². The van der Waals surface area contributed by atoms with E-state index in [4.69, 9.17) is 0 Å². The Morgan fingerprint density at radius 2 is 2.00 bits per heavy atom. The van der Waals surface area contributed by atoms with Crippen LogP contribution in [0.4, 0.5) is 5.82 Å². The summed E-state index contributed by atoms with van der Waals surface area (Å²) in [5, 5.41) is 0. The Morgan fingerprint density at radius 3 is 2.30 bits per heavy atom. The third kappa shape index (κ3) is 2.64. The van der Waals surface area contributed by atoms with E-state index in [-0.39, 0.29) is 27.3 Å². The summed E-state index contributed by atoms with van der Waals surface area (Å²) in [6, 6.07) is 5.86. The van der Waals surface area contributed by atoms with Gasteiger partial charge in [0.25, 0.3) is 0 Å². The van der Waals surface area contributed by atoms with Crippen molar-refractivity contribution < 1.29 is 0 Å². The molecule has 1 aromatic rings. The molecule has 0 aromatic carbocycles. The van der Waals surface area contributed by atoms with Gasteiger partial charge in [0.2, 0.25) is 0 Å². The van der Waals surface area contributed by atoms with Crippen molar-refractivity contribution in [3.8, 4) is 0 Å². The topological polar surface area (TPSA) is 16.1 Å². The molecule has 10 heavy (non-hydrogen) atoms. The number of hydrogen-bond acceptors (Lipinski definition) is 2. The maximum Gasteiger partial charge on any atom is 0.127 e. The van der Waals surface area contributed by atoms with Gasteiger partial charge in [0.15, 0.2) is 0 Å². The minimum absolute atomic E-state index is 0. The zero-order valence-electron chi connectivity index (χ0n) is 6.20. The Labute approximate surface area is 81.4 Å². The zero-order chi connectivity index (χ0) is 6.69. The standard InChI is InChI=1S/C7H10N2.Pb/c1-9(2)7-5-3-4-6-8-7;/h3-6H,1-2H3;. The molecule has 0 saturated heterocycles. The average molecular weight is 329 g/mol. The first-order valence-corrected chi connectivity index (χ1v) is 2.89. The van der Waals surface area contributed by atoms with Gasteiger partial charge in [0, 0.05) is 47.6 Å². The average Bonchev–Trinajstić information content (AvgIpc) is 1.90. The molecule has 4 radical (unpaired) electrons. The first-order valence-electron chi connectivity index (χ1n) is 2.89. The number of nitrogens with zero attached hydrogens (tertiary/aromatic N) is 2. The summed E-state index contributed by atoms with van der Waals surface area (Å²) >= 11 is 0. The van der Waals surface area contributed by atoms with E-state index in [1.165, 1.54) is 0 Å². The zero-order valence-corrected chi connectivity index (χ0v) is 10.1. The van der Waals surface area contributed by atoms with E-state index in [2.05, 4.69) is 4.98 Å². The second-order valence-electron chi connectivity index (χ2n) is 2.08. The van der Waals surface area contributed by atoms with Gasteiger partial charge >= 0.3 is 0 Å². The van der Waals surface area contributed by atoms with Crippen molar-refractivity contribution in [1.82, 2.24) is 4.98 Å². The van der Waals surface area contributed by atoms with Crippen LogP contribution in [-0.4, -0.2) is 46.4 Å². The minimum Gasteiger partial charge on any atom is -0.363 e. The van der Waals surface area contributed by atoms with E-state index in [1.54, 1.807) is 6.20 Å². The van der Waals surface area contributed by atoms with Gasteiger partial charge in [-0.1, -0.05) is 6.07 Å². The van der Waals surface area contributed by atoms with Crippen molar-refractivity contribution in [1.29, 1.82) is 0 Å². The van der Waals surface area contributed by atoms with E-state index >= 15 is 0 Å². The van der Waals surface area contributed by atoms with E-state index in [0.29, 0.717) is 0 Å². The summed E-state index contributed by atoms with van der Waals surface area (Å²) in [4.78, 5) is 6.08. The van der Waals surface area contributed by atoms with Crippen molar-refractivity contribution in [2.45, 2.75) is 0 Å². The first kappa shape index (κ1) is 9.87. The molecule has 0 bridgehead atoms. The van der Waals surface area contributed by atoms with Crippen molar-refractivity contribution in [2.24, 2.45) is 0 Å². The van der Waals surface area contributed by atoms with Crippen molar-refractivity contribution in [3.05, 3.63) is 24.4 Å². The Balaban J connectivity index is 0.000000810. The van der Waals surface area contributed by atoms with Crippen LogP contribution in [-0.2, 0) is 0 Å². The summed E-state index contributed by atoms with van der Waals surface area (Å²) in [6.07, 6.45) is 1.79. The van der Waals surface area contributed by atoms with E-state index in [0.717, 1.165) is 5.82 Å². The number of rotatable bonds is 1. The summed E-state index contributed by atoms with van der Waals surface area (Å²) in [5.74, 6) is 0.998. The van der Waals surface area contributed by atoms with Crippen molar-refractivity contribution >= 4 is 33.1 Å². The van der Waals surface area contributed by atoms with Crippen LogP contribution >= 0.6 is 0 Å². The van der Waals surface area contributed by atoms with Gasteiger partial charge in [0.1, 0.15) is 5.82 Å².